The van der Waals surface area contributed by atoms with Crippen LogP contribution >= 0.6 is 0 Å². The predicted molar refractivity (Wildman–Crippen MR) is 98.2 cm³/mol. The molecule has 0 amide bonds. The third-order valence-electron chi connectivity index (χ3n) is 5.45. The molecule has 0 saturated heterocycles. The second-order valence-corrected chi connectivity index (χ2v) is 6.78. The lowest BCUT2D eigenvalue weighted by Crippen LogP contribution is -2.23. The zero-order valence-corrected chi connectivity index (χ0v) is 14.7. The van der Waals surface area contributed by atoms with E-state index < -0.39 is 0 Å². The second kappa shape index (κ2) is 6.52. The van der Waals surface area contributed by atoms with E-state index in [1.807, 2.05) is 24.7 Å². The third kappa shape index (κ3) is 2.70. The molecule has 0 bridgehead atoms. The molecule has 0 spiro atoms. The van der Waals surface area contributed by atoms with E-state index in [0.29, 0.717) is 23.5 Å². The average Bonchev–Trinajstić information content (AvgIpc) is 3.11. The minimum atomic E-state index is 0.464. The minimum Gasteiger partial charge on any atom is -0.493 e. The highest BCUT2D eigenvalue weighted by Crippen LogP contribution is 2.38. The first-order valence-electron chi connectivity index (χ1n) is 8.82. The van der Waals surface area contributed by atoms with E-state index in [-0.39, 0.29) is 0 Å². The van der Waals surface area contributed by atoms with Gasteiger partial charge < -0.3 is 19.8 Å². The van der Waals surface area contributed by atoms with E-state index in [2.05, 4.69) is 14.5 Å². The highest BCUT2D eigenvalue weighted by atomic mass is 16.5. The molecule has 1 aromatic carbocycles. The van der Waals surface area contributed by atoms with Crippen LogP contribution in [0.4, 0.5) is 0 Å². The number of pyridine rings is 1. The van der Waals surface area contributed by atoms with Crippen LogP contribution in [0.25, 0.3) is 21.9 Å². The molecule has 2 N–H and O–H groups in total. The molecule has 0 radical (unpaired) electrons. The summed E-state index contributed by atoms with van der Waals surface area (Å²) < 4.78 is 13.2. The number of hydrogen-bond donors (Lipinski definition) is 1. The Morgan fingerprint density at radius 1 is 1.04 bits per heavy atom. The fourth-order valence-corrected chi connectivity index (χ4v) is 3.98. The highest BCUT2D eigenvalue weighted by Gasteiger charge is 2.23. The van der Waals surface area contributed by atoms with Crippen molar-refractivity contribution in [2.45, 2.75) is 31.7 Å². The Morgan fingerprint density at radius 3 is 2.44 bits per heavy atom. The maximum Gasteiger partial charge on any atom is 0.162 e. The first-order valence-corrected chi connectivity index (χ1v) is 8.82. The summed E-state index contributed by atoms with van der Waals surface area (Å²) in [4.78, 5) is 9.13. The third-order valence-corrected chi connectivity index (χ3v) is 5.45. The molecular weight excluding hydrogens is 316 g/mol. The summed E-state index contributed by atoms with van der Waals surface area (Å²) in [6.07, 6.45) is 8.44. The van der Waals surface area contributed by atoms with E-state index in [0.717, 1.165) is 41.3 Å². The number of nitrogens with zero attached hydrogens (tertiary/aromatic N) is 3. The topological polar surface area (TPSA) is 75.2 Å². The summed E-state index contributed by atoms with van der Waals surface area (Å²) in [5, 5.41) is 1.05. The molecular formula is C19H24N4O2. The molecule has 0 unspecified atom stereocenters. The van der Waals surface area contributed by atoms with Gasteiger partial charge in [0.25, 0.3) is 0 Å². The summed E-state index contributed by atoms with van der Waals surface area (Å²) in [6.45, 7) is 0.793. The molecule has 1 saturated carbocycles. The van der Waals surface area contributed by atoms with Gasteiger partial charge in [-0.15, -0.1) is 0 Å². The van der Waals surface area contributed by atoms with Gasteiger partial charge in [0.2, 0.25) is 0 Å². The largest absolute Gasteiger partial charge is 0.493 e. The molecule has 1 fully saturated rings. The Kier molecular flexibility index (Phi) is 4.21. The van der Waals surface area contributed by atoms with E-state index in [1.54, 1.807) is 14.2 Å². The zero-order valence-electron chi connectivity index (χ0n) is 14.7. The quantitative estimate of drug-likeness (QED) is 0.789. The molecule has 6 nitrogen and oxygen atoms in total. The number of nitrogens with two attached hydrogens (primary N) is 1. The number of rotatable bonds is 4. The van der Waals surface area contributed by atoms with Gasteiger partial charge in [-0.3, -0.25) is 4.98 Å². The lowest BCUT2D eigenvalue weighted by Gasteiger charge is -2.29. The van der Waals surface area contributed by atoms with Crippen molar-refractivity contribution in [1.29, 1.82) is 0 Å². The monoisotopic (exact) mass is 340 g/mol. The van der Waals surface area contributed by atoms with Crippen LogP contribution in [0.15, 0.2) is 24.7 Å². The van der Waals surface area contributed by atoms with Gasteiger partial charge in [0.15, 0.2) is 11.5 Å². The van der Waals surface area contributed by atoms with Crippen LogP contribution in [0.3, 0.4) is 0 Å². The van der Waals surface area contributed by atoms with Crippen molar-refractivity contribution in [1.82, 2.24) is 14.5 Å². The van der Waals surface area contributed by atoms with Crippen LogP contribution in [0.1, 0.15) is 31.7 Å². The summed E-state index contributed by atoms with van der Waals surface area (Å²) >= 11 is 0. The normalized spacial score (nSPS) is 20.9. The number of fused-ring (bicyclic) bond motifs is 3. The summed E-state index contributed by atoms with van der Waals surface area (Å²) in [5.74, 6) is 2.06. The predicted octanol–water partition coefficient (Wildman–Crippen LogP) is 3.29. The van der Waals surface area contributed by atoms with Gasteiger partial charge in [-0.05, 0) is 44.2 Å². The van der Waals surface area contributed by atoms with E-state index in [1.165, 1.54) is 12.8 Å². The SMILES string of the molecule is COc1cc2ncc3ncn([C@H]4CC[C@H](CN)CC4)c3c2cc1OC. The standard InChI is InChI=1S/C19H24N4O2/c1-24-17-7-14-15(8-18(17)25-2)21-10-16-19(14)23(11-22-16)13-5-3-12(9-20)4-6-13/h7-8,10-13H,3-6,9,20H2,1-2H3/t12-,13-. The van der Waals surface area contributed by atoms with Gasteiger partial charge >= 0.3 is 0 Å². The van der Waals surface area contributed by atoms with Crippen molar-refractivity contribution in [3.8, 4) is 11.5 Å². The minimum absolute atomic E-state index is 0.464. The van der Waals surface area contributed by atoms with Crippen LogP contribution in [0.2, 0.25) is 0 Å². The molecule has 0 aliphatic heterocycles. The first-order chi connectivity index (χ1) is 12.2. The maximum absolute atomic E-state index is 5.84. The number of ether oxygens (including phenoxy) is 2. The molecule has 2 aromatic heterocycles. The molecule has 2 heterocycles. The molecule has 4 rings (SSSR count). The van der Waals surface area contributed by atoms with Crippen molar-refractivity contribution >= 4 is 21.9 Å². The van der Waals surface area contributed by atoms with Crippen LogP contribution in [0.5, 0.6) is 11.5 Å². The Balaban J connectivity index is 1.84. The van der Waals surface area contributed by atoms with E-state index >= 15 is 0 Å². The lowest BCUT2D eigenvalue weighted by molar-refractivity contribution is 0.283. The van der Waals surface area contributed by atoms with Crippen LogP contribution in [-0.2, 0) is 0 Å². The van der Waals surface area contributed by atoms with Crippen molar-refractivity contribution in [2.75, 3.05) is 20.8 Å². The maximum atomic E-state index is 5.84. The smallest absolute Gasteiger partial charge is 0.162 e. The number of aromatic nitrogens is 3. The molecule has 6 heteroatoms. The Labute approximate surface area is 146 Å². The first kappa shape index (κ1) is 16.1. The molecule has 132 valence electrons. The number of methoxy groups -OCH3 is 2. The van der Waals surface area contributed by atoms with Gasteiger partial charge in [-0.2, -0.15) is 0 Å². The van der Waals surface area contributed by atoms with Crippen LogP contribution < -0.4 is 15.2 Å². The average molecular weight is 340 g/mol. The Hall–Kier alpha value is -2.34. The summed E-state index contributed by atoms with van der Waals surface area (Å²) in [5.41, 5.74) is 8.77. The summed E-state index contributed by atoms with van der Waals surface area (Å²) in [7, 11) is 3.30. The van der Waals surface area contributed by atoms with Crippen molar-refractivity contribution in [2.24, 2.45) is 11.7 Å². The Morgan fingerprint density at radius 2 is 1.76 bits per heavy atom. The lowest BCUT2D eigenvalue weighted by atomic mass is 9.86. The van der Waals surface area contributed by atoms with E-state index in [4.69, 9.17) is 15.2 Å². The number of benzene rings is 1. The van der Waals surface area contributed by atoms with Gasteiger partial charge in [-0.1, -0.05) is 0 Å². The fourth-order valence-electron chi connectivity index (χ4n) is 3.98. The number of hydrogen-bond acceptors (Lipinski definition) is 5. The van der Waals surface area contributed by atoms with E-state index in [9.17, 15) is 0 Å². The van der Waals surface area contributed by atoms with Gasteiger partial charge in [0, 0.05) is 17.5 Å². The highest BCUT2D eigenvalue weighted by molar-refractivity contribution is 6.03. The van der Waals surface area contributed by atoms with Gasteiger partial charge in [-0.25, -0.2) is 4.98 Å². The van der Waals surface area contributed by atoms with Crippen molar-refractivity contribution < 1.29 is 9.47 Å². The molecule has 25 heavy (non-hydrogen) atoms. The van der Waals surface area contributed by atoms with Crippen LogP contribution in [-0.4, -0.2) is 35.3 Å². The van der Waals surface area contributed by atoms with Crippen LogP contribution in [0, 0.1) is 5.92 Å². The molecule has 0 atom stereocenters. The molecule has 1 aliphatic carbocycles. The molecule has 3 aromatic rings. The van der Waals surface area contributed by atoms with Gasteiger partial charge in [0.05, 0.1) is 37.8 Å². The zero-order chi connectivity index (χ0) is 17.4. The van der Waals surface area contributed by atoms with Crippen molar-refractivity contribution in [3.05, 3.63) is 24.7 Å². The summed E-state index contributed by atoms with van der Waals surface area (Å²) in [6, 6.07) is 4.40. The van der Waals surface area contributed by atoms with Gasteiger partial charge in [0.1, 0.15) is 5.52 Å². The Bertz CT molecular complexity index is 897. The number of imidazole rings is 1. The fraction of sp³-hybridized carbons (Fsp3) is 0.474. The van der Waals surface area contributed by atoms with Crippen molar-refractivity contribution in [3.63, 3.8) is 0 Å². The molecule has 1 aliphatic rings. The second-order valence-electron chi connectivity index (χ2n) is 6.78.